The summed E-state index contributed by atoms with van der Waals surface area (Å²) in [6, 6.07) is 4.02. The number of rotatable bonds is 6. The van der Waals surface area contributed by atoms with E-state index in [1.807, 2.05) is 38.3 Å². The Morgan fingerprint density at radius 2 is 1.95 bits per heavy atom. The summed E-state index contributed by atoms with van der Waals surface area (Å²) in [5.41, 5.74) is 4.17. The van der Waals surface area contributed by atoms with E-state index in [4.69, 9.17) is 4.74 Å². The van der Waals surface area contributed by atoms with Crippen LogP contribution in [0.5, 0.6) is 5.75 Å². The first kappa shape index (κ1) is 16.5. The first-order valence-corrected chi connectivity index (χ1v) is 8.19. The fourth-order valence-corrected chi connectivity index (χ4v) is 3.21. The quantitative estimate of drug-likeness (QED) is 0.891. The second-order valence-electron chi connectivity index (χ2n) is 5.40. The van der Waals surface area contributed by atoms with E-state index in [0.717, 1.165) is 39.6 Å². The number of hydrogen-bond acceptors (Lipinski definition) is 4. The van der Waals surface area contributed by atoms with Crippen LogP contribution in [0.25, 0.3) is 0 Å². The highest BCUT2D eigenvalue weighted by Gasteiger charge is 2.09. The van der Waals surface area contributed by atoms with Crippen LogP contribution >= 0.6 is 11.3 Å². The summed E-state index contributed by atoms with van der Waals surface area (Å²) in [6.45, 7) is 6.60. The van der Waals surface area contributed by atoms with Gasteiger partial charge in [-0.1, -0.05) is 12.1 Å². The average Bonchev–Trinajstić information content (AvgIpc) is 2.84. The minimum absolute atomic E-state index is 0.0379. The lowest BCUT2D eigenvalue weighted by atomic mass is 10.0. The van der Waals surface area contributed by atoms with E-state index in [2.05, 4.69) is 10.3 Å². The number of hydrogen-bond donors (Lipinski definition) is 1. The number of methoxy groups -OCH3 is 1. The van der Waals surface area contributed by atoms with Crippen molar-refractivity contribution in [3.63, 3.8) is 0 Å². The molecule has 0 bridgehead atoms. The van der Waals surface area contributed by atoms with Crippen LogP contribution in [0.4, 0.5) is 0 Å². The third-order valence-electron chi connectivity index (χ3n) is 3.46. The molecule has 2 rings (SSSR count). The van der Waals surface area contributed by atoms with Crippen molar-refractivity contribution < 1.29 is 9.53 Å². The molecule has 2 aromatic rings. The van der Waals surface area contributed by atoms with Gasteiger partial charge in [-0.15, -0.1) is 11.3 Å². The molecule has 0 aliphatic rings. The molecule has 0 atom stereocenters. The Bertz CT molecular complexity index is 641. The number of nitrogens with one attached hydrogen (secondary N) is 1. The molecule has 0 aliphatic carbocycles. The molecule has 1 heterocycles. The monoisotopic (exact) mass is 318 g/mol. The van der Waals surface area contributed by atoms with E-state index in [1.165, 1.54) is 0 Å². The number of ether oxygens (including phenoxy) is 1. The Morgan fingerprint density at radius 1 is 1.27 bits per heavy atom. The highest BCUT2D eigenvalue weighted by molar-refractivity contribution is 7.09. The normalized spacial score (nSPS) is 10.5. The molecule has 118 valence electrons. The smallest absolute Gasteiger partial charge is 0.224 e. The zero-order valence-corrected chi connectivity index (χ0v) is 14.3. The van der Waals surface area contributed by atoms with Crippen molar-refractivity contribution >= 4 is 17.2 Å². The van der Waals surface area contributed by atoms with Gasteiger partial charge in [0.1, 0.15) is 5.75 Å². The van der Waals surface area contributed by atoms with Crippen molar-refractivity contribution in [3.05, 3.63) is 44.9 Å². The fourth-order valence-electron chi connectivity index (χ4n) is 2.56. The number of aromatic nitrogens is 1. The minimum Gasteiger partial charge on any atom is -0.496 e. The van der Waals surface area contributed by atoms with Gasteiger partial charge in [-0.05, 0) is 37.5 Å². The second kappa shape index (κ2) is 7.40. The summed E-state index contributed by atoms with van der Waals surface area (Å²) in [7, 11) is 1.67. The number of nitrogens with zero attached hydrogens (tertiary/aromatic N) is 1. The molecular weight excluding hydrogens is 296 g/mol. The summed E-state index contributed by atoms with van der Waals surface area (Å²) in [4.78, 5) is 16.4. The SMILES string of the molecule is COc1c(C)cc(CC(=O)NCCc2csc(C)n2)cc1C. The van der Waals surface area contributed by atoms with Crippen molar-refractivity contribution in [2.75, 3.05) is 13.7 Å². The van der Waals surface area contributed by atoms with Crippen LogP contribution in [-0.4, -0.2) is 24.5 Å². The van der Waals surface area contributed by atoms with E-state index in [1.54, 1.807) is 18.4 Å². The fraction of sp³-hybridized carbons (Fsp3) is 0.412. The van der Waals surface area contributed by atoms with Crippen LogP contribution in [0, 0.1) is 20.8 Å². The Hall–Kier alpha value is -1.88. The maximum absolute atomic E-state index is 12.0. The lowest BCUT2D eigenvalue weighted by Crippen LogP contribution is -2.27. The third kappa shape index (κ3) is 4.31. The molecule has 4 nitrogen and oxygen atoms in total. The average molecular weight is 318 g/mol. The molecular formula is C17H22N2O2S. The molecule has 1 aromatic carbocycles. The van der Waals surface area contributed by atoms with Gasteiger partial charge in [-0.2, -0.15) is 0 Å². The van der Waals surface area contributed by atoms with Crippen molar-refractivity contribution in [2.24, 2.45) is 0 Å². The molecule has 0 fully saturated rings. The van der Waals surface area contributed by atoms with Crippen LogP contribution in [0.1, 0.15) is 27.4 Å². The number of benzene rings is 1. The van der Waals surface area contributed by atoms with Gasteiger partial charge >= 0.3 is 0 Å². The zero-order valence-electron chi connectivity index (χ0n) is 13.5. The van der Waals surface area contributed by atoms with Crippen LogP contribution in [0.15, 0.2) is 17.5 Å². The lowest BCUT2D eigenvalue weighted by Gasteiger charge is -2.11. The first-order valence-electron chi connectivity index (χ1n) is 7.31. The summed E-state index contributed by atoms with van der Waals surface area (Å²) >= 11 is 1.64. The maximum Gasteiger partial charge on any atom is 0.224 e. The van der Waals surface area contributed by atoms with Crippen molar-refractivity contribution in [3.8, 4) is 5.75 Å². The van der Waals surface area contributed by atoms with Gasteiger partial charge in [0.05, 0.1) is 24.2 Å². The Labute approximate surface area is 135 Å². The second-order valence-corrected chi connectivity index (χ2v) is 6.46. The molecule has 5 heteroatoms. The summed E-state index contributed by atoms with van der Waals surface area (Å²) in [5, 5.41) is 6.05. The summed E-state index contributed by atoms with van der Waals surface area (Å²) in [5.74, 6) is 0.930. The van der Waals surface area contributed by atoms with Crippen LogP contribution in [0.3, 0.4) is 0 Å². The summed E-state index contributed by atoms with van der Waals surface area (Å²) < 4.78 is 5.35. The van der Waals surface area contributed by atoms with Crippen molar-refractivity contribution in [1.82, 2.24) is 10.3 Å². The molecule has 1 N–H and O–H groups in total. The predicted molar refractivity (Wildman–Crippen MR) is 89.7 cm³/mol. The number of carbonyl (C=O) groups excluding carboxylic acids is 1. The first-order chi connectivity index (χ1) is 10.5. The molecule has 0 saturated carbocycles. The molecule has 0 radical (unpaired) electrons. The number of amides is 1. The Kier molecular flexibility index (Phi) is 5.55. The maximum atomic E-state index is 12.0. The lowest BCUT2D eigenvalue weighted by molar-refractivity contribution is -0.120. The number of aryl methyl sites for hydroxylation is 3. The van der Waals surface area contributed by atoms with Gasteiger partial charge in [0.15, 0.2) is 0 Å². The van der Waals surface area contributed by atoms with Gasteiger partial charge in [0.25, 0.3) is 0 Å². The number of thiazole rings is 1. The Morgan fingerprint density at radius 3 is 2.50 bits per heavy atom. The van der Waals surface area contributed by atoms with Crippen molar-refractivity contribution in [2.45, 2.75) is 33.6 Å². The largest absolute Gasteiger partial charge is 0.496 e. The van der Waals surface area contributed by atoms with Crippen molar-refractivity contribution in [1.29, 1.82) is 0 Å². The standard InChI is InChI=1S/C17H22N2O2S/c1-11-7-14(8-12(2)17(11)21-4)9-16(20)18-6-5-15-10-22-13(3)19-15/h7-8,10H,5-6,9H2,1-4H3,(H,18,20). The minimum atomic E-state index is 0.0379. The van der Waals surface area contributed by atoms with E-state index >= 15 is 0 Å². The van der Waals surface area contributed by atoms with Crippen LogP contribution < -0.4 is 10.1 Å². The molecule has 0 saturated heterocycles. The van der Waals surface area contributed by atoms with Crippen LogP contribution in [0.2, 0.25) is 0 Å². The van der Waals surface area contributed by atoms with Gasteiger partial charge in [-0.3, -0.25) is 4.79 Å². The highest BCUT2D eigenvalue weighted by atomic mass is 32.1. The van der Waals surface area contributed by atoms with Crippen LogP contribution in [-0.2, 0) is 17.6 Å². The Balaban J connectivity index is 1.86. The molecule has 22 heavy (non-hydrogen) atoms. The molecule has 0 aliphatic heterocycles. The topological polar surface area (TPSA) is 51.2 Å². The molecule has 0 unspecified atom stereocenters. The summed E-state index contributed by atoms with van der Waals surface area (Å²) in [6.07, 6.45) is 1.17. The van der Waals surface area contributed by atoms with E-state index in [0.29, 0.717) is 13.0 Å². The number of carbonyl (C=O) groups is 1. The zero-order chi connectivity index (χ0) is 16.1. The third-order valence-corrected chi connectivity index (χ3v) is 4.28. The van der Waals surface area contributed by atoms with Gasteiger partial charge in [0.2, 0.25) is 5.91 Å². The van der Waals surface area contributed by atoms with Gasteiger partial charge < -0.3 is 10.1 Å². The highest BCUT2D eigenvalue weighted by Crippen LogP contribution is 2.24. The predicted octanol–water partition coefficient (Wildman–Crippen LogP) is 2.98. The molecule has 0 spiro atoms. The van der Waals surface area contributed by atoms with E-state index < -0.39 is 0 Å². The van der Waals surface area contributed by atoms with Gasteiger partial charge in [-0.25, -0.2) is 4.98 Å². The molecule has 1 amide bonds. The van der Waals surface area contributed by atoms with E-state index in [-0.39, 0.29) is 5.91 Å². The molecule has 1 aromatic heterocycles. The van der Waals surface area contributed by atoms with Gasteiger partial charge in [0, 0.05) is 18.3 Å². The van der Waals surface area contributed by atoms with E-state index in [9.17, 15) is 4.79 Å².